The van der Waals surface area contributed by atoms with Crippen LogP contribution in [0.4, 0.5) is 0 Å². The van der Waals surface area contributed by atoms with E-state index < -0.39 is 0 Å². The summed E-state index contributed by atoms with van der Waals surface area (Å²) in [5.74, 6) is 0.946. The van der Waals surface area contributed by atoms with Crippen LogP contribution in [0.25, 0.3) is 0 Å². The van der Waals surface area contributed by atoms with Crippen molar-refractivity contribution in [3.63, 3.8) is 0 Å². The lowest BCUT2D eigenvalue weighted by Gasteiger charge is -2.37. The number of nitrogens with two attached hydrogens (primary N) is 1. The first-order valence-corrected chi connectivity index (χ1v) is 7.68. The molecule has 0 spiro atoms. The molecule has 0 amide bonds. The fourth-order valence-electron chi connectivity index (χ4n) is 3.22. The van der Waals surface area contributed by atoms with Gasteiger partial charge in [-0.3, -0.25) is 0 Å². The molecule has 1 atom stereocenters. The van der Waals surface area contributed by atoms with Gasteiger partial charge in [-0.1, -0.05) is 50.1 Å². The Labute approximate surface area is 118 Å². The Bertz CT molecular complexity index is 364. The van der Waals surface area contributed by atoms with Gasteiger partial charge in [-0.05, 0) is 44.3 Å². The highest BCUT2D eigenvalue weighted by atomic mass is 15.1. The maximum Gasteiger partial charge on any atom is 0.0509 e. The summed E-state index contributed by atoms with van der Waals surface area (Å²) in [5.41, 5.74) is 7.52. The van der Waals surface area contributed by atoms with E-state index in [4.69, 9.17) is 5.73 Å². The SMILES string of the molecule is CCCC1CCN(CC(C)(N)c2ccccc2)CC1. The van der Waals surface area contributed by atoms with Gasteiger partial charge in [0.25, 0.3) is 0 Å². The Morgan fingerprint density at radius 2 is 1.84 bits per heavy atom. The van der Waals surface area contributed by atoms with Gasteiger partial charge in [0.1, 0.15) is 0 Å². The predicted octanol–water partition coefficient (Wildman–Crippen LogP) is 3.37. The first kappa shape index (κ1) is 14.5. The molecule has 19 heavy (non-hydrogen) atoms. The van der Waals surface area contributed by atoms with Gasteiger partial charge in [0.15, 0.2) is 0 Å². The van der Waals surface area contributed by atoms with Crippen molar-refractivity contribution in [3.05, 3.63) is 35.9 Å². The quantitative estimate of drug-likeness (QED) is 0.879. The van der Waals surface area contributed by atoms with Crippen molar-refractivity contribution in [2.75, 3.05) is 19.6 Å². The Morgan fingerprint density at radius 1 is 1.21 bits per heavy atom. The Balaban J connectivity index is 1.88. The van der Waals surface area contributed by atoms with Gasteiger partial charge in [0.05, 0.1) is 5.54 Å². The monoisotopic (exact) mass is 260 g/mol. The van der Waals surface area contributed by atoms with Crippen LogP contribution in [0.1, 0.15) is 45.1 Å². The van der Waals surface area contributed by atoms with Gasteiger partial charge in [0.2, 0.25) is 0 Å². The van der Waals surface area contributed by atoms with Crippen molar-refractivity contribution in [3.8, 4) is 0 Å². The molecule has 0 radical (unpaired) electrons. The molecule has 1 heterocycles. The lowest BCUT2D eigenvalue weighted by atomic mass is 9.89. The van der Waals surface area contributed by atoms with E-state index in [1.807, 2.05) is 0 Å². The molecule has 0 aromatic heterocycles. The van der Waals surface area contributed by atoms with Crippen molar-refractivity contribution in [2.24, 2.45) is 11.7 Å². The second-order valence-electron chi connectivity index (χ2n) is 6.29. The number of nitrogens with zero attached hydrogens (tertiary/aromatic N) is 1. The highest BCUT2D eigenvalue weighted by Crippen LogP contribution is 2.25. The molecule has 2 heteroatoms. The van der Waals surface area contributed by atoms with E-state index in [1.54, 1.807) is 0 Å². The summed E-state index contributed by atoms with van der Waals surface area (Å²) in [7, 11) is 0. The van der Waals surface area contributed by atoms with Crippen LogP contribution < -0.4 is 5.73 Å². The van der Waals surface area contributed by atoms with E-state index in [1.165, 1.54) is 44.3 Å². The number of rotatable bonds is 5. The van der Waals surface area contributed by atoms with Crippen LogP contribution in [-0.2, 0) is 5.54 Å². The zero-order valence-corrected chi connectivity index (χ0v) is 12.4. The molecule has 1 unspecified atom stereocenters. The predicted molar refractivity (Wildman–Crippen MR) is 82.1 cm³/mol. The number of hydrogen-bond donors (Lipinski definition) is 1. The van der Waals surface area contributed by atoms with Gasteiger partial charge in [-0.15, -0.1) is 0 Å². The standard InChI is InChI=1S/C17H28N2/c1-3-7-15-10-12-19(13-11-15)14-17(2,18)16-8-5-4-6-9-16/h4-6,8-9,15H,3,7,10-14,18H2,1-2H3. The minimum atomic E-state index is -0.237. The Morgan fingerprint density at radius 3 is 2.42 bits per heavy atom. The molecule has 2 N–H and O–H groups in total. The van der Waals surface area contributed by atoms with E-state index >= 15 is 0 Å². The van der Waals surface area contributed by atoms with Gasteiger partial charge in [0, 0.05) is 6.54 Å². The molecule has 2 rings (SSSR count). The first-order valence-electron chi connectivity index (χ1n) is 7.68. The van der Waals surface area contributed by atoms with Crippen LogP contribution >= 0.6 is 0 Å². The third-order valence-corrected chi connectivity index (χ3v) is 4.39. The van der Waals surface area contributed by atoms with Crippen molar-refractivity contribution in [1.29, 1.82) is 0 Å². The van der Waals surface area contributed by atoms with Gasteiger partial charge in [-0.25, -0.2) is 0 Å². The zero-order valence-electron chi connectivity index (χ0n) is 12.4. The summed E-state index contributed by atoms with van der Waals surface area (Å²) in [6.07, 6.45) is 5.41. The Kier molecular flexibility index (Phi) is 5.00. The maximum absolute atomic E-state index is 6.52. The lowest BCUT2D eigenvalue weighted by molar-refractivity contribution is 0.148. The van der Waals surface area contributed by atoms with Crippen molar-refractivity contribution in [2.45, 2.75) is 45.1 Å². The first-order chi connectivity index (χ1) is 9.12. The largest absolute Gasteiger partial charge is 0.321 e. The molecule has 1 aromatic rings. The van der Waals surface area contributed by atoms with Crippen molar-refractivity contribution < 1.29 is 0 Å². The van der Waals surface area contributed by atoms with Crippen LogP contribution in [0.3, 0.4) is 0 Å². The number of likely N-dealkylation sites (tertiary alicyclic amines) is 1. The summed E-state index contributed by atoms with van der Waals surface area (Å²) in [4.78, 5) is 2.54. The fourth-order valence-corrected chi connectivity index (χ4v) is 3.22. The average molecular weight is 260 g/mol. The maximum atomic E-state index is 6.52. The molecule has 1 saturated heterocycles. The molecule has 1 aliphatic heterocycles. The molecular formula is C17H28N2. The minimum absolute atomic E-state index is 0.237. The van der Waals surface area contributed by atoms with Crippen molar-refractivity contribution in [1.82, 2.24) is 4.90 Å². The summed E-state index contributed by atoms with van der Waals surface area (Å²) >= 11 is 0. The third-order valence-electron chi connectivity index (χ3n) is 4.39. The summed E-state index contributed by atoms with van der Waals surface area (Å²) in [6.45, 7) is 7.84. The minimum Gasteiger partial charge on any atom is -0.321 e. The van der Waals surface area contributed by atoms with Crippen LogP contribution in [0.5, 0.6) is 0 Å². The van der Waals surface area contributed by atoms with Crippen LogP contribution in [-0.4, -0.2) is 24.5 Å². The topological polar surface area (TPSA) is 29.3 Å². The van der Waals surface area contributed by atoms with E-state index in [2.05, 4.69) is 49.1 Å². The number of hydrogen-bond acceptors (Lipinski definition) is 2. The third kappa shape index (κ3) is 4.05. The van der Waals surface area contributed by atoms with E-state index in [-0.39, 0.29) is 5.54 Å². The molecule has 2 nitrogen and oxygen atoms in total. The molecule has 1 aromatic carbocycles. The number of benzene rings is 1. The van der Waals surface area contributed by atoms with E-state index in [0.717, 1.165) is 12.5 Å². The zero-order chi connectivity index (χ0) is 13.7. The van der Waals surface area contributed by atoms with E-state index in [9.17, 15) is 0 Å². The fraction of sp³-hybridized carbons (Fsp3) is 0.647. The van der Waals surface area contributed by atoms with Crippen LogP contribution in [0.15, 0.2) is 30.3 Å². The summed E-state index contributed by atoms with van der Waals surface area (Å²) in [5, 5.41) is 0. The van der Waals surface area contributed by atoms with E-state index in [0.29, 0.717) is 0 Å². The number of piperidine rings is 1. The average Bonchev–Trinajstić information content (AvgIpc) is 2.42. The van der Waals surface area contributed by atoms with Gasteiger partial charge < -0.3 is 10.6 Å². The molecule has 0 saturated carbocycles. The summed E-state index contributed by atoms with van der Waals surface area (Å²) in [6, 6.07) is 10.5. The van der Waals surface area contributed by atoms with Crippen LogP contribution in [0, 0.1) is 5.92 Å². The van der Waals surface area contributed by atoms with Crippen LogP contribution in [0.2, 0.25) is 0 Å². The Hall–Kier alpha value is -0.860. The molecule has 1 aliphatic rings. The molecule has 0 bridgehead atoms. The highest BCUT2D eigenvalue weighted by molar-refractivity contribution is 5.23. The van der Waals surface area contributed by atoms with Gasteiger partial charge >= 0.3 is 0 Å². The molecular weight excluding hydrogens is 232 g/mol. The highest BCUT2D eigenvalue weighted by Gasteiger charge is 2.27. The lowest BCUT2D eigenvalue weighted by Crippen LogP contribution is -2.47. The second kappa shape index (κ2) is 6.53. The molecule has 106 valence electrons. The normalized spacial score (nSPS) is 21.2. The summed E-state index contributed by atoms with van der Waals surface area (Å²) < 4.78 is 0. The smallest absolute Gasteiger partial charge is 0.0509 e. The van der Waals surface area contributed by atoms with Crippen molar-refractivity contribution >= 4 is 0 Å². The molecule has 1 fully saturated rings. The van der Waals surface area contributed by atoms with Gasteiger partial charge in [-0.2, -0.15) is 0 Å². The second-order valence-corrected chi connectivity index (χ2v) is 6.29. The molecule has 0 aliphatic carbocycles.